The standard InChI is InChI=1S/C16H32N2O2/c1-12-7-6-8-14(11-12)17-10-9-13(2)18-15(19)20-16(3,4)5/h12-14,17H,6-11H2,1-5H3,(H,18,19). The van der Waals surface area contributed by atoms with E-state index in [1.54, 1.807) is 0 Å². The van der Waals surface area contributed by atoms with E-state index in [4.69, 9.17) is 4.74 Å². The van der Waals surface area contributed by atoms with Crippen LogP contribution in [0.1, 0.15) is 66.7 Å². The summed E-state index contributed by atoms with van der Waals surface area (Å²) in [5, 5.41) is 6.49. The zero-order chi connectivity index (χ0) is 15.2. The molecule has 1 aliphatic carbocycles. The Kier molecular flexibility index (Phi) is 6.80. The second-order valence-electron chi connectivity index (χ2n) is 7.26. The molecule has 0 aromatic rings. The topological polar surface area (TPSA) is 50.4 Å². The van der Waals surface area contributed by atoms with Gasteiger partial charge in [-0.3, -0.25) is 0 Å². The number of hydrogen-bond acceptors (Lipinski definition) is 3. The lowest BCUT2D eigenvalue weighted by Gasteiger charge is -2.28. The van der Waals surface area contributed by atoms with Gasteiger partial charge in [0.2, 0.25) is 0 Å². The summed E-state index contributed by atoms with van der Waals surface area (Å²) in [5.74, 6) is 0.846. The zero-order valence-electron chi connectivity index (χ0n) is 13.8. The summed E-state index contributed by atoms with van der Waals surface area (Å²) in [6.07, 6.45) is 5.89. The Morgan fingerprint density at radius 1 is 1.35 bits per heavy atom. The van der Waals surface area contributed by atoms with Gasteiger partial charge >= 0.3 is 6.09 Å². The number of rotatable bonds is 5. The SMILES string of the molecule is CC1CCCC(NCCC(C)NC(=O)OC(C)(C)C)C1. The molecule has 0 radical (unpaired) electrons. The first-order chi connectivity index (χ1) is 9.26. The third-order valence-corrected chi connectivity index (χ3v) is 3.71. The summed E-state index contributed by atoms with van der Waals surface area (Å²) in [6, 6.07) is 0.797. The molecule has 0 bridgehead atoms. The van der Waals surface area contributed by atoms with Crippen molar-refractivity contribution in [3.63, 3.8) is 0 Å². The predicted molar refractivity (Wildman–Crippen MR) is 82.9 cm³/mol. The maximum Gasteiger partial charge on any atom is 0.407 e. The molecule has 0 aliphatic heterocycles. The average molecular weight is 284 g/mol. The van der Waals surface area contributed by atoms with E-state index < -0.39 is 5.60 Å². The van der Waals surface area contributed by atoms with Crippen molar-refractivity contribution in [3.05, 3.63) is 0 Å². The van der Waals surface area contributed by atoms with Gasteiger partial charge in [0.05, 0.1) is 0 Å². The van der Waals surface area contributed by atoms with E-state index in [1.807, 2.05) is 27.7 Å². The molecule has 20 heavy (non-hydrogen) atoms. The summed E-state index contributed by atoms with van der Waals surface area (Å²) in [7, 11) is 0. The van der Waals surface area contributed by atoms with Gasteiger partial charge in [0.25, 0.3) is 0 Å². The average Bonchev–Trinajstić information content (AvgIpc) is 2.25. The smallest absolute Gasteiger partial charge is 0.407 e. The van der Waals surface area contributed by atoms with Crippen LogP contribution in [0.15, 0.2) is 0 Å². The molecule has 2 N–H and O–H groups in total. The van der Waals surface area contributed by atoms with Crippen molar-refractivity contribution in [2.24, 2.45) is 5.92 Å². The lowest BCUT2D eigenvalue weighted by molar-refractivity contribution is 0.0506. The number of amides is 1. The lowest BCUT2D eigenvalue weighted by atomic mass is 9.87. The molecular weight excluding hydrogens is 252 g/mol. The monoisotopic (exact) mass is 284 g/mol. The molecular formula is C16H32N2O2. The molecule has 0 saturated heterocycles. The number of ether oxygens (including phenoxy) is 1. The largest absolute Gasteiger partial charge is 0.444 e. The third-order valence-electron chi connectivity index (χ3n) is 3.71. The summed E-state index contributed by atoms with van der Waals surface area (Å²) in [4.78, 5) is 11.6. The maximum atomic E-state index is 11.6. The molecule has 4 nitrogen and oxygen atoms in total. The molecule has 0 aromatic carbocycles. The van der Waals surface area contributed by atoms with Crippen LogP contribution in [0.4, 0.5) is 4.79 Å². The van der Waals surface area contributed by atoms with Gasteiger partial charge in [-0.15, -0.1) is 0 Å². The Labute approximate surface area is 124 Å². The van der Waals surface area contributed by atoms with Crippen LogP contribution >= 0.6 is 0 Å². The van der Waals surface area contributed by atoms with Crippen LogP contribution in [0, 0.1) is 5.92 Å². The van der Waals surface area contributed by atoms with E-state index in [2.05, 4.69) is 17.6 Å². The van der Waals surface area contributed by atoms with Gasteiger partial charge in [-0.05, 0) is 59.4 Å². The fourth-order valence-corrected chi connectivity index (χ4v) is 2.70. The van der Waals surface area contributed by atoms with Gasteiger partial charge in [-0.25, -0.2) is 4.79 Å². The van der Waals surface area contributed by atoms with Crippen molar-refractivity contribution < 1.29 is 9.53 Å². The molecule has 0 aromatic heterocycles. The summed E-state index contributed by atoms with van der Waals surface area (Å²) < 4.78 is 5.25. The van der Waals surface area contributed by atoms with Gasteiger partial charge < -0.3 is 15.4 Å². The van der Waals surface area contributed by atoms with E-state index in [1.165, 1.54) is 25.7 Å². The van der Waals surface area contributed by atoms with Crippen molar-refractivity contribution in [1.82, 2.24) is 10.6 Å². The number of hydrogen-bond donors (Lipinski definition) is 2. The molecule has 1 aliphatic rings. The van der Waals surface area contributed by atoms with Crippen LogP contribution < -0.4 is 10.6 Å². The Hall–Kier alpha value is -0.770. The van der Waals surface area contributed by atoms with Gasteiger partial charge in [0.1, 0.15) is 5.60 Å². The van der Waals surface area contributed by atoms with Crippen LogP contribution in [0.3, 0.4) is 0 Å². The first-order valence-corrected chi connectivity index (χ1v) is 7.99. The quantitative estimate of drug-likeness (QED) is 0.813. The molecule has 0 heterocycles. The van der Waals surface area contributed by atoms with E-state index in [0.717, 1.165) is 18.9 Å². The second-order valence-corrected chi connectivity index (χ2v) is 7.26. The zero-order valence-corrected chi connectivity index (χ0v) is 13.8. The van der Waals surface area contributed by atoms with Crippen molar-refractivity contribution in [2.45, 2.75) is 84.4 Å². The highest BCUT2D eigenvalue weighted by Crippen LogP contribution is 2.23. The fraction of sp³-hybridized carbons (Fsp3) is 0.938. The number of nitrogens with one attached hydrogen (secondary N) is 2. The molecule has 1 saturated carbocycles. The Morgan fingerprint density at radius 3 is 2.65 bits per heavy atom. The first kappa shape index (κ1) is 17.3. The molecule has 3 atom stereocenters. The molecule has 4 heteroatoms. The summed E-state index contributed by atoms with van der Waals surface area (Å²) >= 11 is 0. The highest BCUT2D eigenvalue weighted by atomic mass is 16.6. The molecule has 0 spiro atoms. The van der Waals surface area contributed by atoms with E-state index in [-0.39, 0.29) is 12.1 Å². The van der Waals surface area contributed by atoms with Gasteiger partial charge in [0, 0.05) is 12.1 Å². The van der Waals surface area contributed by atoms with Crippen LogP contribution in [0.5, 0.6) is 0 Å². The second kappa shape index (κ2) is 7.87. The van der Waals surface area contributed by atoms with Gasteiger partial charge in [0.15, 0.2) is 0 Å². The van der Waals surface area contributed by atoms with Crippen LogP contribution in [-0.4, -0.2) is 30.3 Å². The van der Waals surface area contributed by atoms with Gasteiger partial charge in [-0.2, -0.15) is 0 Å². The van der Waals surface area contributed by atoms with Gasteiger partial charge in [-0.1, -0.05) is 19.8 Å². The minimum atomic E-state index is -0.430. The summed E-state index contributed by atoms with van der Waals surface area (Å²) in [5.41, 5.74) is -0.430. The number of alkyl carbamates (subject to hydrolysis) is 1. The minimum absolute atomic E-state index is 0.137. The molecule has 1 fully saturated rings. The first-order valence-electron chi connectivity index (χ1n) is 7.99. The molecule has 3 unspecified atom stereocenters. The van der Waals surface area contributed by atoms with Crippen LogP contribution in [0.25, 0.3) is 0 Å². The lowest BCUT2D eigenvalue weighted by Crippen LogP contribution is -2.40. The molecule has 118 valence electrons. The van der Waals surface area contributed by atoms with Crippen molar-refractivity contribution in [2.75, 3.05) is 6.54 Å². The molecule has 1 rings (SSSR count). The normalized spacial score (nSPS) is 25.1. The van der Waals surface area contributed by atoms with Crippen LogP contribution in [0.2, 0.25) is 0 Å². The summed E-state index contributed by atoms with van der Waals surface area (Å²) in [6.45, 7) is 10.9. The van der Waals surface area contributed by atoms with E-state index >= 15 is 0 Å². The van der Waals surface area contributed by atoms with Crippen molar-refractivity contribution in [1.29, 1.82) is 0 Å². The number of carbonyl (C=O) groups is 1. The molecule has 1 amide bonds. The Bertz CT molecular complexity index is 299. The van der Waals surface area contributed by atoms with Crippen molar-refractivity contribution >= 4 is 6.09 Å². The Morgan fingerprint density at radius 2 is 2.05 bits per heavy atom. The minimum Gasteiger partial charge on any atom is -0.444 e. The van der Waals surface area contributed by atoms with E-state index in [0.29, 0.717) is 6.04 Å². The van der Waals surface area contributed by atoms with Crippen molar-refractivity contribution in [3.8, 4) is 0 Å². The van der Waals surface area contributed by atoms with E-state index in [9.17, 15) is 4.79 Å². The fourth-order valence-electron chi connectivity index (χ4n) is 2.70. The highest BCUT2D eigenvalue weighted by molar-refractivity contribution is 5.67. The highest BCUT2D eigenvalue weighted by Gasteiger charge is 2.19. The maximum absolute atomic E-state index is 11.6. The third kappa shape index (κ3) is 7.73. The number of carbonyl (C=O) groups excluding carboxylic acids is 1. The van der Waals surface area contributed by atoms with Crippen LogP contribution in [-0.2, 0) is 4.74 Å². The predicted octanol–water partition coefficient (Wildman–Crippen LogP) is 3.46. The Balaban J connectivity index is 2.13.